The first kappa shape index (κ1) is 15.1. The standard InChI is InChI=1S/C14H12BrN3O3/c1-8-5-9(2)16-13(6-8)17-14(19)11-7-10(18(20)21)3-4-12(11)15/h3-7H,1-2H3,(H,16,17,19). The Bertz CT molecular complexity index is 711. The number of hydrogen-bond donors (Lipinski definition) is 1. The van der Waals surface area contributed by atoms with Gasteiger partial charge in [-0.05, 0) is 53.5 Å². The number of nitro groups is 1. The van der Waals surface area contributed by atoms with E-state index in [1.54, 1.807) is 6.07 Å². The van der Waals surface area contributed by atoms with Gasteiger partial charge in [0.25, 0.3) is 11.6 Å². The molecule has 1 aromatic carbocycles. The molecule has 6 nitrogen and oxygen atoms in total. The number of halogens is 1. The van der Waals surface area contributed by atoms with Crippen LogP contribution >= 0.6 is 15.9 Å². The van der Waals surface area contributed by atoms with E-state index in [0.29, 0.717) is 10.3 Å². The van der Waals surface area contributed by atoms with Gasteiger partial charge in [0, 0.05) is 22.3 Å². The minimum atomic E-state index is -0.543. The molecule has 1 aromatic heterocycles. The molecule has 108 valence electrons. The van der Waals surface area contributed by atoms with Crippen LogP contribution in [0.25, 0.3) is 0 Å². The average Bonchev–Trinajstić information content (AvgIpc) is 2.37. The highest BCUT2D eigenvalue weighted by molar-refractivity contribution is 9.10. The van der Waals surface area contributed by atoms with Gasteiger partial charge in [-0.15, -0.1) is 0 Å². The molecule has 21 heavy (non-hydrogen) atoms. The van der Waals surface area contributed by atoms with E-state index >= 15 is 0 Å². The molecule has 0 aliphatic carbocycles. The maximum Gasteiger partial charge on any atom is 0.270 e. The second kappa shape index (κ2) is 6.01. The molecular weight excluding hydrogens is 338 g/mol. The van der Waals surface area contributed by atoms with Crippen LogP contribution in [0.1, 0.15) is 21.6 Å². The molecular formula is C14H12BrN3O3. The number of amides is 1. The minimum absolute atomic E-state index is 0.142. The van der Waals surface area contributed by atoms with Crippen molar-refractivity contribution in [2.24, 2.45) is 0 Å². The van der Waals surface area contributed by atoms with Crippen molar-refractivity contribution in [3.63, 3.8) is 0 Å². The summed E-state index contributed by atoms with van der Waals surface area (Å²) in [5, 5.41) is 13.4. The minimum Gasteiger partial charge on any atom is -0.307 e. The van der Waals surface area contributed by atoms with Gasteiger partial charge in [0.1, 0.15) is 5.82 Å². The third kappa shape index (κ3) is 3.63. The van der Waals surface area contributed by atoms with Gasteiger partial charge >= 0.3 is 0 Å². The smallest absolute Gasteiger partial charge is 0.270 e. The third-order valence-corrected chi connectivity index (χ3v) is 3.44. The molecule has 7 heteroatoms. The van der Waals surface area contributed by atoms with Gasteiger partial charge in [-0.1, -0.05) is 0 Å². The maximum atomic E-state index is 12.2. The summed E-state index contributed by atoms with van der Waals surface area (Å²) in [6.45, 7) is 3.72. The lowest BCUT2D eigenvalue weighted by Crippen LogP contribution is -2.14. The summed E-state index contributed by atoms with van der Waals surface area (Å²) in [6, 6.07) is 7.65. The van der Waals surface area contributed by atoms with Crippen molar-refractivity contribution in [2.45, 2.75) is 13.8 Å². The predicted molar refractivity (Wildman–Crippen MR) is 82.5 cm³/mol. The van der Waals surface area contributed by atoms with Crippen LogP contribution in [0.15, 0.2) is 34.8 Å². The Kier molecular flexibility index (Phi) is 4.32. The molecule has 2 aromatic rings. The summed E-state index contributed by atoms with van der Waals surface area (Å²) < 4.78 is 0.481. The summed E-state index contributed by atoms with van der Waals surface area (Å²) in [5.41, 5.74) is 1.79. The number of nitro benzene ring substituents is 1. The summed E-state index contributed by atoms with van der Waals surface area (Å²) >= 11 is 3.22. The molecule has 0 atom stereocenters. The average molecular weight is 350 g/mol. The van der Waals surface area contributed by atoms with Gasteiger partial charge in [-0.25, -0.2) is 4.98 Å². The summed E-state index contributed by atoms with van der Waals surface area (Å²) in [7, 11) is 0. The van der Waals surface area contributed by atoms with Gasteiger partial charge in [0.05, 0.1) is 10.5 Å². The highest BCUT2D eigenvalue weighted by Gasteiger charge is 2.16. The zero-order chi connectivity index (χ0) is 15.6. The van der Waals surface area contributed by atoms with E-state index in [4.69, 9.17) is 0 Å². The first-order valence-corrected chi connectivity index (χ1v) is 6.86. The number of carbonyl (C=O) groups is 1. The molecule has 0 unspecified atom stereocenters. The SMILES string of the molecule is Cc1cc(C)nc(NC(=O)c2cc([N+](=O)[O-])ccc2Br)c1. The molecule has 0 radical (unpaired) electrons. The van der Waals surface area contributed by atoms with Crippen LogP contribution in [0.3, 0.4) is 0 Å². The van der Waals surface area contributed by atoms with E-state index in [1.807, 2.05) is 19.9 Å². The number of non-ortho nitro benzene ring substituents is 1. The number of benzene rings is 1. The highest BCUT2D eigenvalue weighted by Crippen LogP contribution is 2.23. The summed E-state index contributed by atoms with van der Waals surface area (Å²) in [4.78, 5) is 26.7. The number of rotatable bonds is 3. The molecule has 1 heterocycles. The third-order valence-electron chi connectivity index (χ3n) is 2.74. The van der Waals surface area contributed by atoms with Gasteiger partial charge < -0.3 is 5.32 Å². The predicted octanol–water partition coefficient (Wildman–Crippen LogP) is 3.62. The number of nitrogens with zero attached hydrogens (tertiary/aromatic N) is 2. The van der Waals surface area contributed by atoms with Crippen molar-refractivity contribution < 1.29 is 9.72 Å². The fourth-order valence-electron chi connectivity index (χ4n) is 1.89. The molecule has 0 spiro atoms. The fourth-order valence-corrected chi connectivity index (χ4v) is 2.32. The normalized spacial score (nSPS) is 10.2. The zero-order valence-electron chi connectivity index (χ0n) is 11.4. The van der Waals surface area contributed by atoms with Gasteiger partial charge in [0.2, 0.25) is 0 Å². The van der Waals surface area contributed by atoms with Crippen molar-refractivity contribution in [1.82, 2.24) is 4.98 Å². The highest BCUT2D eigenvalue weighted by atomic mass is 79.9. The number of pyridine rings is 1. The Hall–Kier alpha value is -2.28. The Morgan fingerprint density at radius 1 is 1.29 bits per heavy atom. The lowest BCUT2D eigenvalue weighted by Gasteiger charge is -2.08. The lowest BCUT2D eigenvalue weighted by atomic mass is 10.2. The van der Waals surface area contributed by atoms with Crippen molar-refractivity contribution in [1.29, 1.82) is 0 Å². The molecule has 0 bridgehead atoms. The number of carbonyl (C=O) groups excluding carboxylic acids is 1. The number of hydrogen-bond acceptors (Lipinski definition) is 4. The van der Waals surface area contributed by atoms with Gasteiger partial charge in [-0.2, -0.15) is 0 Å². The van der Waals surface area contributed by atoms with Crippen molar-refractivity contribution >= 4 is 33.3 Å². The van der Waals surface area contributed by atoms with E-state index in [1.165, 1.54) is 18.2 Å². The quantitative estimate of drug-likeness (QED) is 0.677. The lowest BCUT2D eigenvalue weighted by molar-refractivity contribution is -0.384. The largest absolute Gasteiger partial charge is 0.307 e. The Labute approximate surface area is 129 Å². The van der Waals surface area contributed by atoms with E-state index in [9.17, 15) is 14.9 Å². The molecule has 0 aliphatic heterocycles. The molecule has 0 saturated heterocycles. The van der Waals surface area contributed by atoms with Crippen molar-refractivity contribution in [3.05, 3.63) is 61.7 Å². The van der Waals surface area contributed by atoms with Crippen LogP contribution in [-0.4, -0.2) is 15.8 Å². The molecule has 1 N–H and O–H groups in total. The monoisotopic (exact) mass is 349 g/mol. The zero-order valence-corrected chi connectivity index (χ0v) is 13.0. The van der Waals surface area contributed by atoms with Crippen molar-refractivity contribution in [2.75, 3.05) is 5.32 Å². The maximum absolute atomic E-state index is 12.2. The van der Waals surface area contributed by atoms with Crippen LogP contribution in [0.4, 0.5) is 11.5 Å². The number of aromatic nitrogens is 1. The number of aryl methyl sites for hydroxylation is 2. The van der Waals surface area contributed by atoms with E-state index < -0.39 is 10.8 Å². The van der Waals surface area contributed by atoms with Crippen LogP contribution in [0.2, 0.25) is 0 Å². The molecule has 0 fully saturated rings. The second-order valence-electron chi connectivity index (χ2n) is 4.55. The fraction of sp³-hybridized carbons (Fsp3) is 0.143. The van der Waals surface area contributed by atoms with Crippen LogP contribution in [0.5, 0.6) is 0 Å². The molecule has 0 saturated carbocycles. The summed E-state index contributed by atoms with van der Waals surface area (Å²) in [5.74, 6) is -0.0426. The second-order valence-corrected chi connectivity index (χ2v) is 5.40. The van der Waals surface area contributed by atoms with Crippen LogP contribution in [-0.2, 0) is 0 Å². The Morgan fingerprint density at radius 2 is 2.00 bits per heavy atom. The molecule has 1 amide bonds. The first-order valence-electron chi connectivity index (χ1n) is 6.07. The molecule has 0 aliphatic rings. The van der Waals surface area contributed by atoms with E-state index in [-0.39, 0.29) is 11.3 Å². The van der Waals surface area contributed by atoms with Gasteiger partial charge in [-0.3, -0.25) is 14.9 Å². The summed E-state index contributed by atoms with van der Waals surface area (Å²) in [6.07, 6.45) is 0. The number of anilines is 1. The molecule has 2 rings (SSSR count). The number of nitrogens with one attached hydrogen (secondary N) is 1. The van der Waals surface area contributed by atoms with Gasteiger partial charge in [0.15, 0.2) is 0 Å². The Morgan fingerprint density at radius 3 is 2.62 bits per heavy atom. The van der Waals surface area contributed by atoms with Crippen LogP contribution in [0, 0.1) is 24.0 Å². The van der Waals surface area contributed by atoms with Crippen LogP contribution < -0.4 is 5.32 Å². The van der Waals surface area contributed by atoms with E-state index in [2.05, 4.69) is 26.2 Å². The Balaban J connectivity index is 2.31. The van der Waals surface area contributed by atoms with Crippen molar-refractivity contribution in [3.8, 4) is 0 Å². The topological polar surface area (TPSA) is 85.1 Å². The first-order chi connectivity index (χ1) is 9.86. The van der Waals surface area contributed by atoms with E-state index in [0.717, 1.165) is 11.3 Å².